The minimum atomic E-state index is -0.324. The van der Waals surface area contributed by atoms with Crippen LogP contribution >= 0.6 is 11.6 Å². The molecule has 0 spiro atoms. The van der Waals surface area contributed by atoms with Crippen LogP contribution in [0.5, 0.6) is 5.75 Å². The number of hydrogen-bond acceptors (Lipinski definition) is 3. The zero-order chi connectivity index (χ0) is 15.1. The lowest BCUT2D eigenvalue weighted by Gasteiger charge is -2.06. The Kier molecular flexibility index (Phi) is 5.35. The summed E-state index contributed by atoms with van der Waals surface area (Å²) in [6, 6.07) is 14.7. The van der Waals surface area contributed by atoms with Crippen molar-refractivity contribution in [1.82, 2.24) is 5.43 Å². The van der Waals surface area contributed by atoms with Gasteiger partial charge in [0.15, 0.2) is 6.61 Å². The van der Waals surface area contributed by atoms with Gasteiger partial charge in [-0.3, -0.25) is 4.79 Å². The molecular weight excluding hydrogens is 288 g/mol. The van der Waals surface area contributed by atoms with Crippen molar-refractivity contribution in [3.63, 3.8) is 0 Å². The van der Waals surface area contributed by atoms with Gasteiger partial charge in [-0.05, 0) is 36.2 Å². The maximum atomic E-state index is 11.6. The largest absolute Gasteiger partial charge is 0.484 e. The summed E-state index contributed by atoms with van der Waals surface area (Å²) < 4.78 is 5.36. The molecule has 2 aromatic rings. The summed E-state index contributed by atoms with van der Waals surface area (Å²) in [5.74, 6) is 0.272. The Morgan fingerprint density at radius 3 is 2.76 bits per heavy atom. The van der Waals surface area contributed by atoms with Crippen LogP contribution in [-0.2, 0) is 4.79 Å². The van der Waals surface area contributed by atoms with Gasteiger partial charge in [0, 0.05) is 5.02 Å². The number of amides is 1. The van der Waals surface area contributed by atoms with Crippen LogP contribution in [0.15, 0.2) is 53.6 Å². The Balaban J connectivity index is 1.79. The van der Waals surface area contributed by atoms with Gasteiger partial charge in [0.2, 0.25) is 0 Å². The molecule has 0 atom stereocenters. The van der Waals surface area contributed by atoms with Gasteiger partial charge in [-0.15, -0.1) is 0 Å². The first kappa shape index (κ1) is 15.1. The van der Waals surface area contributed by atoms with Crippen molar-refractivity contribution in [3.05, 3.63) is 64.7 Å². The Morgan fingerprint density at radius 1 is 1.29 bits per heavy atom. The normalized spacial score (nSPS) is 10.6. The second-order valence-corrected chi connectivity index (χ2v) is 4.81. The van der Waals surface area contributed by atoms with E-state index in [4.69, 9.17) is 16.3 Å². The fraction of sp³-hybridized carbons (Fsp3) is 0.125. The second kappa shape index (κ2) is 7.45. The first-order valence-corrected chi connectivity index (χ1v) is 6.79. The van der Waals surface area contributed by atoms with Gasteiger partial charge in [-0.25, -0.2) is 5.43 Å². The van der Waals surface area contributed by atoms with E-state index >= 15 is 0 Å². The Bertz CT molecular complexity index is 642. The maximum Gasteiger partial charge on any atom is 0.277 e. The fourth-order valence-corrected chi connectivity index (χ4v) is 1.72. The molecule has 0 aromatic heterocycles. The number of ether oxygens (including phenoxy) is 1. The summed E-state index contributed by atoms with van der Waals surface area (Å²) in [5, 5.41) is 4.53. The predicted molar refractivity (Wildman–Crippen MR) is 83.9 cm³/mol. The average molecular weight is 303 g/mol. The highest BCUT2D eigenvalue weighted by Gasteiger charge is 2.03. The molecular formula is C16H15ClN2O2. The highest BCUT2D eigenvalue weighted by atomic mass is 35.5. The quantitative estimate of drug-likeness (QED) is 0.681. The van der Waals surface area contributed by atoms with E-state index < -0.39 is 0 Å². The van der Waals surface area contributed by atoms with Gasteiger partial charge < -0.3 is 4.74 Å². The van der Waals surface area contributed by atoms with E-state index in [0.29, 0.717) is 10.8 Å². The first-order valence-electron chi connectivity index (χ1n) is 6.41. The van der Waals surface area contributed by atoms with Crippen molar-refractivity contribution in [1.29, 1.82) is 0 Å². The van der Waals surface area contributed by atoms with E-state index in [2.05, 4.69) is 10.5 Å². The summed E-state index contributed by atoms with van der Waals surface area (Å²) in [7, 11) is 0. The summed E-state index contributed by atoms with van der Waals surface area (Å²) in [6.45, 7) is 1.77. The van der Waals surface area contributed by atoms with Crippen LogP contribution in [0.3, 0.4) is 0 Å². The number of hydrazone groups is 1. The molecule has 0 aliphatic heterocycles. The third kappa shape index (κ3) is 4.93. The standard InChI is InChI=1S/C16H15ClN2O2/c1-12-9-14(7-8-15(12)17)21-11-16(20)19-18-10-13-5-3-2-4-6-13/h2-10H,11H2,1H3,(H,19,20)/b18-10+. The number of carbonyl (C=O) groups is 1. The van der Waals surface area contributed by atoms with Crippen molar-refractivity contribution in [2.24, 2.45) is 5.10 Å². The molecule has 108 valence electrons. The lowest BCUT2D eigenvalue weighted by molar-refractivity contribution is -0.123. The number of nitrogens with zero attached hydrogens (tertiary/aromatic N) is 1. The number of aryl methyl sites for hydroxylation is 1. The van der Waals surface area contributed by atoms with Gasteiger partial charge >= 0.3 is 0 Å². The lowest BCUT2D eigenvalue weighted by atomic mass is 10.2. The molecule has 0 fully saturated rings. The van der Waals surface area contributed by atoms with Crippen LogP contribution in [0.4, 0.5) is 0 Å². The SMILES string of the molecule is Cc1cc(OCC(=O)N/N=C/c2ccccc2)ccc1Cl. The highest BCUT2D eigenvalue weighted by Crippen LogP contribution is 2.20. The van der Waals surface area contributed by atoms with E-state index in [0.717, 1.165) is 11.1 Å². The summed E-state index contributed by atoms with van der Waals surface area (Å²) >= 11 is 5.92. The van der Waals surface area contributed by atoms with Crippen molar-refractivity contribution in [3.8, 4) is 5.75 Å². The molecule has 21 heavy (non-hydrogen) atoms. The number of hydrogen-bond donors (Lipinski definition) is 1. The smallest absolute Gasteiger partial charge is 0.277 e. The summed E-state index contributed by atoms with van der Waals surface area (Å²) in [4.78, 5) is 11.6. The molecule has 1 N–H and O–H groups in total. The Morgan fingerprint density at radius 2 is 2.05 bits per heavy atom. The van der Waals surface area contributed by atoms with Crippen LogP contribution in [0.2, 0.25) is 5.02 Å². The molecule has 4 nitrogen and oxygen atoms in total. The number of carbonyl (C=O) groups excluding carboxylic acids is 1. The molecule has 1 amide bonds. The fourth-order valence-electron chi connectivity index (χ4n) is 1.61. The van der Waals surface area contributed by atoms with Crippen LogP contribution in [0.25, 0.3) is 0 Å². The molecule has 5 heteroatoms. The molecule has 2 aromatic carbocycles. The molecule has 0 radical (unpaired) electrons. The van der Waals surface area contributed by atoms with E-state index in [1.54, 1.807) is 24.4 Å². The number of benzene rings is 2. The Hall–Kier alpha value is -2.33. The molecule has 0 bridgehead atoms. The zero-order valence-corrected chi connectivity index (χ0v) is 12.3. The topological polar surface area (TPSA) is 50.7 Å². The van der Waals surface area contributed by atoms with Gasteiger partial charge in [-0.2, -0.15) is 5.10 Å². The van der Waals surface area contributed by atoms with Crippen molar-refractivity contribution >= 4 is 23.7 Å². The Labute approximate surface area is 128 Å². The average Bonchev–Trinajstić information content (AvgIpc) is 2.49. The van der Waals surface area contributed by atoms with Gasteiger partial charge in [0.25, 0.3) is 5.91 Å². The third-order valence-corrected chi connectivity index (χ3v) is 3.13. The summed E-state index contributed by atoms with van der Waals surface area (Å²) in [6.07, 6.45) is 1.57. The third-order valence-electron chi connectivity index (χ3n) is 2.70. The number of halogens is 1. The minimum absolute atomic E-state index is 0.104. The minimum Gasteiger partial charge on any atom is -0.484 e. The van der Waals surface area contributed by atoms with Gasteiger partial charge in [0.1, 0.15) is 5.75 Å². The lowest BCUT2D eigenvalue weighted by Crippen LogP contribution is -2.24. The van der Waals surface area contributed by atoms with Crippen molar-refractivity contribution in [2.75, 3.05) is 6.61 Å². The molecule has 0 aliphatic carbocycles. The highest BCUT2D eigenvalue weighted by molar-refractivity contribution is 6.31. The maximum absolute atomic E-state index is 11.6. The number of rotatable bonds is 5. The van der Waals surface area contributed by atoms with Crippen molar-refractivity contribution < 1.29 is 9.53 Å². The zero-order valence-electron chi connectivity index (χ0n) is 11.5. The monoisotopic (exact) mass is 302 g/mol. The molecule has 0 saturated carbocycles. The molecule has 0 saturated heterocycles. The van der Waals surface area contributed by atoms with Crippen LogP contribution in [0.1, 0.15) is 11.1 Å². The van der Waals surface area contributed by atoms with E-state index in [1.165, 1.54) is 0 Å². The molecule has 0 aliphatic rings. The van der Waals surface area contributed by atoms with Gasteiger partial charge in [-0.1, -0.05) is 41.9 Å². The second-order valence-electron chi connectivity index (χ2n) is 4.40. The number of nitrogens with one attached hydrogen (secondary N) is 1. The van der Waals surface area contributed by atoms with Crippen molar-refractivity contribution in [2.45, 2.75) is 6.92 Å². The predicted octanol–water partition coefficient (Wildman–Crippen LogP) is 3.18. The van der Waals surface area contributed by atoms with Crippen LogP contribution < -0.4 is 10.2 Å². The molecule has 0 unspecified atom stereocenters. The van der Waals surface area contributed by atoms with E-state index in [1.807, 2.05) is 37.3 Å². The van der Waals surface area contributed by atoms with Gasteiger partial charge in [0.05, 0.1) is 6.21 Å². The van der Waals surface area contributed by atoms with Crippen LogP contribution in [-0.4, -0.2) is 18.7 Å². The molecule has 0 heterocycles. The van der Waals surface area contributed by atoms with Crippen LogP contribution in [0, 0.1) is 6.92 Å². The van der Waals surface area contributed by atoms with E-state index in [-0.39, 0.29) is 12.5 Å². The molecule has 2 rings (SSSR count). The van der Waals surface area contributed by atoms with E-state index in [9.17, 15) is 4.79 Å². The summed E-state index contributed by atoms with van der Waals surface area (Å²) in [5.41, 5.74) is 4.22. The first-order chi connectivity index (χ1) is 10.1.